The summed E-state index contributed by atoms with van der Waals surface area (Å²) in [5.74, 6) is 7.88. The quantitative estimate of drug-likeness (QED) is 0.236. The molecular weight excluding hydrogens is 406 g/mol. The highest BCUT2D eigenvalue weighted by Crippen LogP contribution is 2.23. The fourth-order valence-electron chi connectivity index (χ4n) is 3.00. The number of benzene rings is 4. The van der Waals surface area contributed by atoms with Crippen molar-refractivity contribution in [2.75, 3.05) is 6.79 Å². The summed E-state index contributed by atoms with van der Waals surface area (Å²) in [4.78, 5) is 0. The van der Waals surface area contributed by atoms with Crippen LogP contribution < -0.4 is 14.8 Å². The van der Waals surface area contributed by atoms with Gasteiger partial charge >= 0.3 is 0 Å². The van der Waals surface area contributed by atoms with E-state index in [1.165, 1.54) is 10.9 Å². The Morgan fingerprint density at radius 1 is 0.633 bits per heavy atom. The molecule has 2 nitrogen and oxygen atoms in total. The summed E-state index contributed by atoms with van der Waals surface area (Å²) in [7, 11) is 5.43. The van der Waals surface area contributed by atoms with Crippen LogP contribution in [0, 0.1) is 11.8 Å². The summed E-state index contributed by atoms with van der Waals surface area (Å²) in [5, 5.41) is 3.52. The monoisotopic (exact) mass is 428 g/mol. The van der Waals surface area contributed by atoms with Crippen molar-refractivity contribution in [2.24, 2.45) is 0 Å². The molecule has 148 valence electrons. The molecule has 4 aromatic carbocycles. The molecule has 2 unspecified atom stereocenters. The van der Waals surface area contributed by atoms with E-state index in [2.05, 4.69) is 54.6 Å². The van der Waals surface area contributed by atoms with Crippen LogP contribution in [-0.4, -0.2) is 6.79 Å². The highest BCUT2D eigenvalue weighted by molar-refractivity contribution is 7.27. The van der Waals surface area contributed by atoms with Gasteiger partial charge in [0.15, 0.2) is 0 Å². The number of rotatable bonds is 5. The van der Waals surface area contributed by atoms with Gasteiger partial charge in [0, 0.05) is 11.1 Å². The van der Waals surface area contributed by atoms with E-state index in [-0.39, 0.29) is 6.79 Å². The lowest BCUT2D eigenvalue weighted by molar-refractivity contribution is 0.120. The molecule has 0 aliphatic heterocycles. The third kappa shape index (κ3) is 5.40. The van der Waals surface area contributed by atoms with Crippen LogP contribution in [0.3, 0.4) is 0 Å². The summed E-state index contributed by atoms with van der Waals surface area (Å²) in [6.45, 7) is 0.154. The van der Waals surface area contributed by atoms with Crippen LogP contribution >= 0.6 is 18.5 Å². The maximum Gasteiger partial charge on any atom is 0.230 e. The van der Waals surface area contributed by atoms with E-state index < -0.39 is 0 Å². The van der Waals surface area contributed by atoms with Crippen LogP contribution in [0.2, 0.25) is 0 Å². The van der Waals surface area contributed by atoms with Gasteiger partial charge in [-0.05, 0) is 76.3 Å². The van der Waals surface area contributed by atoms with Gasteiger partial charge in [0.1, 0.15) is 11.5 Å². The Morgan fingerprint density at radius 3 is 1.90 bits per heavy atom. The van der Waals surface area contributed by atoms with E-state index in [4.69, 9.17) is 9.47 Å². The molecule has 4 rings (SSSR count). The molecule has 0 spiro atoms. The number of ether oxygens (including phenoxy) is 2. The average molecular weight is 428 g/mol. The first kappa shape index (κ1) is 20.4. The molecule has 0 fully saturated rings. The summed E-state index contributed by atoms with van der Waals surface area (Å²) < 4.78 is 11.5. The van der Waals surface area contributed by atoms with Gasteiger partial charge in [-0.3, -0.25) is 0 Å². The van der Waals surface area contributed by atoms with E-state index in [9.17, 15) is 0 Å². The molecule has 4 aromatic rings. The minimum absolute atomic E-state index is 0.154. The van der Waals surface area contributed by atoms with Gasteiger partial charge in [-0.2, -0.15) is 0 Å². The SMILES string of the molecule is PCc1ccc2cc(OCOc3ccc(C#Cc4ccc(P)cc4)cc3)ccc2c1. The van der Waals surface area contributed by atoms with E-state index in [1.807, 2.05) is 60.7 Å². The van der Waals surface area contributed by atoms with Crippen LogP contribution in [0.15, 0.2) is 84.9 Å². The molecule has 0 aliphatic rings. The molecule has 0 radical (unpaired) electrons. The normalized spacial score (nSPS) is 10.3. The first-order valence-corrected chi connectivity index (χ1v) is 11.0. The fraction of sp³-hybridized carbons (Fsp3) is 0.0769. The van der Waals surface area contributed by atoms with Crippen molar-refractivity contribution in [2.45, 2.75) is 6.16 Å². The van der Waals surface area contributed by atoms with Crippen molar-refractivity contribution in [3.8, 4) is 23.3 Å². The van der Waals surface area contributed by atoms with Crippen LogP contribution in [0.25, 0.3) is 10.8 Å². The Labute approximate surface area is 182 Å². The Bertz CT molecular complexity index is 1200. The van der Waals surface area contributed by atoms with Gasteiger partial charge in [-0.15, -0.1) is 18.5 Å². The third-order valence-electron chi connectivity index (χ3n) is 4.68. The van der Waals surface area contributed by atoms with Gasteiger partial charge in [0.2, 0.25) is 6.79 Å². The average Bonchev–Trinajstić information content (AvgIpc) is 2.79. The molecule has 0 heterocycles. The molecule has 0 N–H and O–H groups in total. The molecule has 0 saturated heterocycles. The van der Waals surface area contributed by atoms with Gasteiger partial charge in [-0.25, -0.2) is 0 Å². The highest BCUT2D eigenvalue weighted by atomic mass is 31.0. The second-order valence-corrected chi connectivity index (χ2v) is 7.93. The first-order valence-electron chi connectivity index (χ1n) is 9.65. The summed E-state index contributed by atoms with van der Waals surface area (Å²) in [6.07, 6.45) is 0.956. The topological polar surface area (TPSA) is 18.5 Å². The highest BCUT2D eigenvalue weighted by Gasteiger charge is 2.00. The molecular formula is C26H22O2P2. The number of fused-ring (bicyclic) bond motifs is 1. The lowest BCUT2D eigenvalue weighted by Gasteiger charge is -2.10. The van der Waals surface area contributed by atoms with Crippen molar-refractivity contribution in [3.05, 3.63) is 102 Å². The van der Waals surface area contributed by atoms with E-state index in [1.54, 1.807) is 0 Å². The number of hydrogen-bond donors (Lipinski definition) is 0. The van der Waals surface area contributed by atoms with Crippen LogP contribution in [0.1, 0.15) is 16.7 Å². The molecule has 0 aliphatic carbocycles. The van der Waals surface area contributed by atoms with Crippen molar-refractivity contribution in [3.63, 3.8) is 0 Å². The zero-order valence-corrected chi connectivity index (χ0v) is 18.8. The van der Waals surface area contributed by atoms with E-state index >= 15 is 0 Å². The smallest absolute Gasteiger partial charge is 0.230 e. The van der Waals surface area contributed by atoms with Gasteiger partial charge in [-0.1, -0.05) is 48.2 Å². The van der Waals surface area contributed by atoms with Gasteiger partial charge < -0.3 is 9.47 Å². The Kier molecular flexibility index (Phi) is 6.66. The van der Waals surface area contributed by atoms with Gasteiger partial charge in [0.05, 0.1) is 0 Å². The summed E-state index contributed by atoms with van der Waals surface area (Å²) in [6, 6.07) is 28.3. The minimum atomic E-state index is 0.154. The zero-order valence-electron chi connectivity index (χ0n) is 16.5. The predicted octanol–water partition coefficient (Wildman–Crippen LogP) is 5.53. The summed E-state index contributed by atoms with van der Waals surface area (Å²) in [5.41, 5.74) is 3.24. The molecule has 0 amide bonds. The molecule has 0 saturated carbocycles. The summed E-state index contributed by atoms with van der Waals surface area (Å²) >= 11 is 0. The lowest BCUT2D eigenvalue weighted by atomic mass is 10.1. The van der Waals surface area contributed by atoms with E-state index in [0.29, 0.717) is 0 Å². The second kappa shape index (κ2) is 9.77. The zero-order chi connectivity index (χ0) is 20.8. The fourth-order valence-corrected chi connectivity index (χ4v) is 3.45. The van der Waals surface area contributed by atoms with Crippen molar-refractivity contribution >= 4 is 34.6 Å². The molecule has 0 bridgehead atoms. The van der Waals surface area contributed by atoms with E-state index in [0.717, 1.165) is 39.5 Å². The van der Waals surface area contributed by atoms with Crippen molar-refractivity contribution in [1.29, 1.82) is 0 Å². The molecule has 30 heavy (non-hydrogen) atoms. The van der Waals surface area contributed by atoms with Crippen LogP contribution in [0.5, 0.6) is 11.5 Å². The standard InChI is InChI=1S/C26H22O2P2/c29-17-21-3-8-23-16-25(12-9-22(23)15-21)28-18-27-24-10-4-19(5-11-24)1-2-20-6-13-26(30)14-7-20/h3-16H,17-18,29-30H2. The Hall–Kier alpha value is -2.84. The predicted molar refractivity (Wildman–Crippen MR) is 132 cm³/mol. The largest absolute Gasteiger partial charge is 0.458 e. The van der Waals surface area contributed by atoms with Crippen LogP contribution in [-0.2, 0) is 6.16 Å². The molecule has 4 heteroatoms. The lowest BCUT2D eigenvalue weighted by Crippen LogP contribution is -2.05. The minimum Gasteiger partial charge on any atom is -0.458 e. The molecule has 0 aromatic heterocycles. The first-order chi connectivity index (χ1) is 14.7. The maximum absolute atomic E-state index is 5.76. The third-order valence-corrected chi connectivity index (χ3v) is 5.54. The van der Waals surface area contributed by atoms with Crippen LogP contribution in [0.4, 0.5) is 0 Å². The molecule has 2 atom stereocenters. The van der Waals surface area contributed by atoms with Gasteiger partial charge in [0.25, 0.3) is 0 Å². The number of hydrogen-bond acceptors (Lipinski definition) is 2. The van der Waals surface area contributed by atoms with Crippen molar-refractivity contribution < 1.29 is 9.47 Å². The van der Waals surface area contributed by atoms with Crippen molar-refractivity contribution in [1.82, 2.24) is 0 Å². The second-order valence-electron chi connectivity index (χ2n) is 6.85. The Balaban J connectivity index is 1.33. The maximum atomic E-state index is 5.76. The Morgan fingerprint density at radius 2 is 1.20 bits per heavy atom.